The van der Waals surface area contributed by atoms with Gasteiger partial charge in [0.1, 0.15) is 0 Å². The van der Waals surface area contributed by atoms with Gasteiger partial charge in [-0.2, -0.15) is 0 Å². The first-order chi connectivity index (χ1) is 6.79. The summed E-state index contributed by atoms with van der Waals surface area (Å²) in [7, 11) is 0. The summed E-state index contributed by atoms with van der Waals surface area (Å²) >= 11 is 0. The van der Waals surface area contributed by atoms with E-state index in [1.165, 1.54) is 0 Å². The van der Waals surface area contributed by atoms with Crippen LogP contribution in [-0.4, -0.2) is 15.3 Å². The van der Waals surface area contributed by atoms with Crippen molar-refractivity contribution in [3.8, 4) is 11.5 Å². The first kappa shape index (κ1) is 8.71. The SMILES string of the molecule is Nc1nnc(-c2ccc(CO)cc2)o1. The molecule has 1 aromatic heterocycles. The van der Waals surface area contributed by atoms with E-state index in [1.807, 2.05) is 0 Å². The Balaban J connectivity index is 2.33. The lowest BCUT2D eigenvalue weighted by Gasteiger charge is -1.96. The second kappa shape index (κ2) is 3.47. The number of aliphatic hydroxyl groups is 1. The van der Waals surface area contributed by atoms with Crippen molar-refractivity contribution in [3.05, 3.63) is 29.8 Å². The number of hydrogen-bond donors (Lipinski definition) is 2. The highest BCUT2D eigenvalue weighted by molar-refractivity contribution is 5.53. The molecule has 14 heavy (non-hydrogen) atoms. The number of aliphatic hydroxyl groups excluding tert-OH is 1. The zero-order valence-electron chi connectivity index (χ0n) is 7.34. The topological polar surface area (TPSA) is 85.2 Å². The predicted octanol–water partition coefficient (Wildman–Crippen LogP) is 0.811. The van der Waals surface area contributed by atoms with E-state index in [0.717, 1.165) is 11.1 Å². The molecule has 1 aromatic carbocycles. The van der Waals surface area contributed by atoms with Crippen molar-refractivity contribution < 1.29 is 9.52 Å². The smallest absolute Gasteiger partial charge is 0.313 e. The minimum atomic E-state index is 0.0201. The van der Waals surface area contributed by atoms with Crippen LogP contribution in [0.4, 0.5) is 6.01 Å². The molecule has 0 fully saturated rings. The van der Waals surface area contributed by atoms with Crippen molar-refractivity contribution in [2.24, 2.45) is 0 Å². The number of hydrogen-bond acceptors (Lipinski definition) is 5. The van der Waals surface area contributed by atoms with Gasteiger partial charge < -0.3 is 15.3 Å². The van der Waals surface area contributed by atoms with Gasteiger partial charge in [0.15, 0.2) is 0 Å². The van der Waals surface area contributed by atoms with Crippen LogP contribution in [-0.2, 0) is 6.61 Å². The lowest BCUT2D eigenvalue weighted by Crippen LogP contribution is -1.83. The van der Waals surface area contributed by atoms with Gasteiger partial charge in [0.05, 0.1) is 6.61 Å². The van der Waals surface area contributed by atoms with Gasteiger partial charge in [-0.3, -0.25) is 0 Å². The number of benzene rings is 1. The lowest BCUT2D eigenvalue weighted by atomic mass is 10.1. The highest BCUT2D eigenvalue weighted by Gasteiger charge is 2.05. The number of aromatic nitrogens is 2. The Morgan fingerprint density at radius 3 is 2.43 bits per heavy atom. The quantitative estimate of drug-likeness (QED) is 0.733. The highest BCUT2D eigenvalue weighted by Crippen LogP contribution is 2.18. The summed E-state index contributed by atoms with van der Waals surface area (Å²) in [6.45, 7) is 0.0201. The molecule has 0 saturated carbocycles. The summed E-state index contributed by atoms with van der Waals surface area (Å²) in [5, 5.41) is 16.1. The van der Waals surface area contributed by atoms with Crippen LogP contribution >= 0.6 is 0 Å². The van der Waals surface area contributed by atoms with E-state index in [4.69, 9.17) is 15.3 Å². The Bertz CT molecular complexity index is 422. The van der Waals surface area contributed by atoms with Crippen LogP contribution in [0.3, 0.4) is 0 Å². The molecule has 0 saturated heterocycles. The fourth-order valence-electron chi connectivity index (χ4n) is 1.10. The zero-order chi connectivity index (χ0) is 9.97. The van der Waals surface area contributed by atoms with Crippen molar-refractivity contribution in [3.63, 3.8) is 0 Å². The van der Waals surface area contributed by atoms with Gasteiger partial charge in [0.25, 0.3) is 0 Å². The van der Waals surface area contributed by atoms with Gasteiger partial charge >= 0.3 is 6.01 Å². The molecule has 0 radical (unpaired) electrons. The van der Waals surface area contributed by atoms with Crippen LogP contribution in [0.15, 0.2) is 28.7 Å². The van der Waals surface area contributed by atoms with Crippen LogP contribution in [0.25, 0.3) is 11.5 Å². The molecular weight excluding hydrogens is 182 g/mol. The fraction of sp³-hybridized carbons (Fsp3) is 0.111. The number of nitrogens with two attached hydrogens (primary N) is 1. The molecule has 0 aliphatic carbocycles. The second-order valence-corrected chi connectivity index (χ2v) is 2.80. The van der Waals surface area contributed by atoms with Crippen LogP contribution in [0.2, 0.25) is 0 Å². The molecule has 0 spiro atoms. The van der Waals surface area contributed by atoms with Crippen molar-refractivity contribution in [2.45, 2.75) is 6.61 Å². The Kier molecular flexibility index (Phi) is 2.16. The zero-order valence-corrected chi connectivity index (χ0v) is 7.34. The summed E-state index contributed by atoms with van der Waals surface area (Å²) in [5.41, 5.74) is 6.91. The predicted molar refractivity (Wildman–Crippen MR) is 50.1 cm³/mol. The molecule has 0 aliphatic rings. The van der Waals surface area contributed by atoms with Gasteiger partial charge in [-0.1, -0.05) is 17.2 Å². The fourth-order valence-corrected chi connectivity index (χ4v) is 1.10. The Labute approximate surface area is 80.2 Å². The Hall–Kier alpha value is -1.88. The maximum Gasteiger partial charge on any atom is 0.313 e. The third-order valence-corrected chi connectivity index (χ3v) is 1.82. The number of nitrogens with zero attached hydrogens (tertiary/aromatic N) is 2. The lowest BCUT2D eigenvalue weighted by molar-refractivity contribution is 0.282. The van der Waals surface area contributed by atoms with Crippen LogP contribution in [0, 0.1) is 0 Å². The van der Waals surface area contributed by atoms with Gasteiger partial charge in [-0.05, 0) is 17.7 Å². The van der Waals surface area contributed by atoms with E-state index < -0.39 is 0 Å². The monoisotopic (exact) mass is 191 g/mol. The van der Waals surface area contributed by atoms with E-state index >= 15 is 0 Å². The minimum Gasteiger partial charge on any atom is -0.404 e. The molecule has 5 nitrogen and oxygen atoms in total. The molecule has 72 valence electrons. The van der Waals surface area contributed by atoms with Crippen molar-refractivity contribution >= 4 is 6.01 Å². The number of nitrogen functional groups attached to an aromatic ring is 1. The molecular formula is C9H9N3O2. The second-order valence-electron chi connectivity index (χ2n) is 2.80. The van der Waals surface area contributed by atoms with Gasteiger partial charge in [0, 0.05) is 5.56 Å². The van der Waals surface area contributed by atoms with E-state index in [9.17, 15) is 0 Å². The van der Waals surface area contributed by atoms with Crippen LogP contribution < -0.4 is 5.73 Å². The van der Waals surface area contributed by atoms with E-state index in [0.29, 0.717) is 5.89 Å². The summed E-state index contributed by atoms with van der Waals surface area (Å²) in [6.07, 6.45) is 0. The molecule has 0 aliphatic heterocycles. The van der Waals surface area contributed by atoms with Crippen molar-refractivity contribution in [1.29, 1.82) is 0 Å². The molecule has 3 N–H and O–H groups in total. The van der Waals surface area contributed by atoms with E-state index in [-0.39, 0.29) is 12.6 Å². The first-order valence-electron chi connectivity index (χ1n) is 4.09. The van der Waals surface area contributed by atoms with E-state index in [1.54, 1.807) is 24.3 Å². The van der Waals surface area contributed by atoms with Crippen LogP contribution in [0.5, 0.6) is 0 Å². The van der Waals surface area contributed by atoms with Gasteiger partial charge in [-0.15, -0.1) is 5.10 Å². The highest BCUT2D eigenvalue weighted by atomic mass is 16.4. The van der Waals surface area contributed by atoms with Gasteiger partial charge in [0.2, 0.25) is 5.89 Å². The number of anilines is 1. The molecule has 0 unspecified atom stereocenters. The molecule has 1 heterocycles. The van der Waals surface area contributed by atoms with Gasteiger partial charge in [-0.25, -0.2) is 0 Å². The average Bonchev–Trinajstić information content (AvgIpc) is 2.65. The first-order valence-corrected chi connectivity index (χ1v) is 4.09. The molecule has 0 atom stereocenters. The summed E-state index contributed by atoms with van der Waals surface area (Å²) in [5.74, 6) is 0.381. The Morgan fingerprint density at radius 2 is 1.93 bits per heavy atom. The number of rotatable bonds is 2. The third-order valence-electron chi connectivity index (χ3n) is 1.82. The third kappa shape index (κ3) is 1.57. The summed E-state index contributed by atoms with van der Waals surface area (Å²) < 4.78 is 5.04. The van der Waals surface area contributed by atoms with Crippen molar-refractivity contribution in [2.75, 3.05) is 5.73 Å². The summed E-state index contributed by atoms with van der Waals surface area (Å²) in [6, 6.07) is 7.20. The maximum atomic E-state index is 8.83. The molecule has 5 heteroatoms. The normalized spacial score (nSPS) is 10.4. The summed E-state index contributed by atoms with van der Waals surface area (Å²) in [4.78, 5) is 0. The maximum absolute atomic E-state index is 8.83. The minimum absolute atomic E-state index is 0.0201. The molecule has 2 aromatic rings. The largest absolute Gasteiger partial charge is 0.404 e. The Morgan fingerprint density at radius 1 is 1.21 bits per heavy atom. The molecule has 2 rings (SSSR count). The van der Waals surface area contributed by atoms with Crippen LogP contribution in [0.1, 0.15) is 5.56 Å². The van der Waals surface area contributed by atoms with E-state index in [2.05, 4.69) is 10.2 Å². The molecule has 0 amide bonds. The average molecular weight is 191 g/mol. The molecule has 0 bridgehead atoms. The standard InChI is InChI=1S/C9H9N3O2/c10-9-12-11-8(14-9)7-3-1-6(5-13)2-4-7/h1-4,13H,5H2,(H2,10,12). The van der Waals surface area contributed by atoms with Crippen molar-refractivity contribution in [1.82, 2.24) is 10.2 Å².